The van der Waals surface area contributed by atoms with Crippen LogP contribution in [0, 0.1) is 0 Å². The number of unbranched alkanes of at least 4 members (excludes halogenated alkanes) is 5. The minimum atomic E-state index is 0.864. The van der Waals surface area contributed by atoms with Crippen LogP contribution in [0.1, 0.15) is 45.4 Å². The highest BCUT2D eigenvalue weighted by Gasteiger charge is 2.04. The number of hydrogen-bond donors (Lipinski definition) is 1. The topological polar surface area (TPSA) is 42.7 Å². The Bertz CT molecular complexity index is 479. The third-order valence-corrected chi connectivity index (χ3v) is 3.35. The fraction of sp³-hybridized carbons (Fsp3) is 0.500. The Hall–Kier alpha value is -1.84. The van der Waals surface area contributed by atoms with Crippen molar-refractivity contribution in [3.8, 4) is 5.82 Å². The molecule has 1 N–H and O–H groups in total. The van der Waals surface area contributed by atoms with E-state index in [1.54, 1.807) is 17.1 Å². The molecule has 0 saturated carbocycles. The summed E-state index contributed by atoms with van der Waals surface area (Å²) in [6.07, 6.45) is 13.4. The Balaban J connectivity index is 1.79. The van der Waals surface area contributed by atoms with Crippen LogP contribution >= 0.6 is 0 Å². The molecule has 0 saturated heterocycles. The van der Waals surface area contributed by atoms with Gasteiger partial charge in [-0.1, -0.05) is 39.0 Å². The Morgan fingerprint density at radius 1 is 1.05 bits per heavy atom. The van der Waals surface area contributed by atoms with Crippen LogP contribution in [0.25, 0.3) is 5.82 Å². The molecule has 0 bridgehead atoms. The van der Waals surface area contributed by atoms with E-state index in [4.69, 9.17) is 0 Å². The Morgan fingerprint density at radius 3 is 2.70 bits per heavy atom. The molecular weight excluding hydrogens is 248 g/mol. The number of rotatable bonds is 9. The zero-order valence-corrected chi connectivity index (χ0v) is 12.3. The molecular formula is C16H24N4. The van der Waals surface area contributed by atoms with Crippen molar-refractivity contribution in [1.29, 1.82) is 0 Å². The maximum absolute atomic E-state index is 4.40. The highest BCUT2D eigenvalue weighted by Crippen LogP contribution is 2.16. The molecule has 0 aromatic carbocycles. The third kappa shape index (κ3) is 4.37. The second-order valence-corrected chi connectivity index (χ2v) is 5.02. The van der Waals surface area contributed by atoms with Gasteiger partial charge in [0.25, 0.3) is 0 Å². The summed E-state index contributed by atoms with van der Waals surface area (Å²) in [7, 11) is 0. The van der Waals surface area contributed by atoms with Gasteiger partial charge < -0.3 is 5.32 Å². The number of nitrogens with one attached hydrogen (secondary N) is 1. The van der Waals surface area contributed by atoms with Crippen molar-refractivity contribution in [3.05, 3.63) is 36.8 Å². The maximum atomic E-state index is 4.40. The van der Waals surface area contributed by atoms with Gasteiger partial charge in [-0.2, -0.15) is 5.10 Å². The minimum absolute atomic E-state index is 0.864. The number of anilines is 1. The summed E-state index contributed by atoms with van der Waals surface area (Å²) in [5.74, 6) is 0.864. The van der Waals surface area contributed by atoms with Crippen LogP contribution in [0.2, 0.25) is 0 Å². The maximum Gasteiger partial charge on any atom is 0.176 e. The van der Waals surface area contributed by atoms with Gasteiger partial charge in [0.1, 0.15) is 0 Å². The zero-order valence-electron chi connectivity index (χ0n) is 12.3. The predicted molar refractivity (Wildman–Crippen MR) is 83.2 cm³/mol. The van der Waals surface area contributed by atoms with Crippen LogP contribution in [-0.4, -0.2) is 21.3 Å². The van der Waals surface area contributed by atoms with Gasteiger partial charge >= 0.3 is 0 Å². The molecule has 0 radical (unpaired) electrons. The fourth-order valence-electron chi connectivity index (χ4n) is 2.24. The normalized spacial score (nSPS) is 10.7. The van der Waals surface area contributed by atoms with Gasteiger partial charge in [0.2, 0.25) is 0 Å². The molecule has 20 heavy (non-hydrogen) atoms. The van der Waals surface area contributed by atoms with Gasteiger partial charge in [-0.15, -0.1) is 0 Å². The van der Waals surface area contributed by atoms with Crippen molar-refractivity contribution in [2.75, 3.05) is 11.9 Å². The van der Waals surface area contributed by atoms with E-state index >= 15 is 0 Å². The molecule has 0 spiro atoms. The Morgan fingerprint density at radius 2 is 1.90 bits per heavy atom. The molecule has 0 fully saturated rings. The molecule has 2 aromatic rings. The van der Waals surface area contributed by atoms with E-state index < -0.39 is 0 Å². The van der Waals surface area contributed by atoms with E-state index in [0.29, 0.717) is 0 Å². The lowest BCUT2D eigenvalue weighted by Crippen LogP contribution is -2.07. The molecule has 0 amide bonds. The lowest BCUT2D eigenvalue weighted by molar-refractivity contribution is 0.617. The highest BCUT2D eigenvalue weighted by molar-refractivity contribution is 5.56. The van der Waals surface area contributed by atoms with Gasteiger partial charge in [0.05, 0.1) is 5.69 Å². The molecule has 0 aliphatic heterocycles. The van der Waals surface area contributed by atoms with E-state index in [2.05, 4.69) is 28.4 Å². The van der Waals surface area contributed by atoms with Gasteiger partial charge in [-0.3, -0.25) is 0 Å². The molecule has 4 nitrogen and oxygen atoms in total. The summed E-state index contributed by atoms with van der Waals surface area (Å²) < 4.78 is 1.80. The molecule has 0 aliphatic rings. The molecule has 108 valence electrons. The van der Waals surface area contributed by atoms with E-state index in [1.165, 1.54) is 38.5 Å². The van der Waals surface area contributed by atoms with Crippen LogP contribution < -0.4 is 5.32 Å². The number of hydrogen-bond acceptors (Lipinski definition) is 3. The molecule has 0 unspecified atom stereocenters. The standard InChI is InChI=1S/C16H24N4/c1-2-3-4-5-6-7-11-17-15-10-8-12-18-16(15)20-14-9-13-19-20/h8-10,12-14,17H,2-7,11H2,1H3. The quantitative estimate of drug-likeness (QED) is 0.701. The second-order valence-electron chi connectivity index (χ2n) is 5.02. The molecule has 2 rings (SSSR count). The summed E-state index contributed by atoms with van der Waals surface area (Å²) in [6, 6.07) is 5.92. The number of pyridine rings is 1. The summed E-state index contributed by atoms with van der Waals surface area (Å²) >= 11 is 0. The van der Waals surface area contributed by atoms with Crippen LogP contribution in [-0.2, 0) is 0 Å². The Labute approximate surface area is 121 Å². The molecule has 0 atom stereocenters. The first-order valence-corrected chi connectivity index (χ1v) is 7.60. The lowest BCUT2D eigenvalue weighted by Gasteiger charge is -2.10. The van der Waals surface area contributed by atoms with Crippen molar-refractivity contribution < 1.29 is 0 Å². The molecule has 2 aromatic heterocycles. The Kier molecular flexibility index (Phi) is 6.08. The van der Waals surface area contributed by atoms with Crippen molar-refractivity contribution >= 4 is 5.69 Å². The first-order chi connectivity index (χ1) is 9.92. The van der Waals surface area contributed by atoms with E-state index in [0.717, 1.165) is 18.1 Å². The first kappa shape index (κ1) is 14.6. The van der Waals surface area contributed by atoms with Crippen molar-refractivity contribution in [2.45, 2.75) is 45.4 Å². The average molecular weight is 272 g/mol. The number of nitrogens with zero attached hydrogens (tertiary/aromatic N) is 3. The van der Waals surface area contributed by atoms with E-state index in [9.17, 15) is 0 Å². The average Bonchev–Trinajstić information content (AvgIpc) is 3.01. The van der Waals surface area contributed by atoms with Crippen molar-refractivity contribution in [1.82, 2.24) is 14.8 Å². The largest absolute Gasteiger partial charge is 0.382 e. The monoisotopic (exact) mass is 272 g/mol. The summed E-state index contributed by atoms with van der Waals surface area (Å²) in [5, 5.41) is 7.71. The van der Waals surface area contributed by atoms with Gasteiger partial charge in [0.15, 0.2) is 5.82 Å². The van der Waals surface area contributed by atoms with Crippen LogP contribution in [0.4, 0.5) is 5.69 Å². The van der Waals surface area contributed by atoms with Crippen LogP contribution in [0.15, 0.2) is 36.8 Å². The zero-order chi connectivity index (χ0) is 14.0. The summed E-state index contributed by atoms with van der Waals surface area (Å²) in [5.41, 5.74) is 1.05. The number of aromatic nitrogens is 3. The smallest absolute Gasteiger partial charge is 0.176 e. The fourth-order valence-corrected chi connectivity index (χ4v) is 2.24. The van der Waals surface area contributed by atoms with E-state index in [-0.39, 0.29) is 0 Å². The van der Waals surface area contributed by atoms with Gasteiger partial charge in [-0.05, 0) is 24.6 Å². The van der Waals surface area contributed by atoms with Crippen LogP contribution in [0.5, 0.6) is 0 Å². The molecule has 2 heterocycles. The van der Waals surface area contributed by atoms with Crippen molar-refractivity contribution in [3.63, 3.8) is 0 Å². The minimum Gasteiger partial charge on any atom is -0.382 e. The van der Waals surface area contributed by atoms with Crippen LogP contribution in [0.3, 0.4) is 0 Å². The molecule has 4 heteroatoms. The van der Waals surface area contributed by atoms with Gasteiger partial charge in [0, 0.05) is 25.1 Å². The summed E-state index contributed by atoms with van der Waals surface area (Å²) in [4.78, 5) is 4.40. The predicted octanol–water partition coefficient (Wildman–Crippen LogP) is 4.04. The summed E-state index contributed by atoms with van der Waals surface area (Å²) in [6.45, 7) is 3.24. The lowest BCUT2D eigenvalue weighted by atomic mass is 10.1. The SMILES string of the molecule is CCCCCCCCNc1cccnc1-n1cccn1. The second kappa shape index (κ2) is 8.35. The van der Waals surface area contributed by atoms with Gasteiger partial charge in [-0.25, -0.2) is 9.67 Å². The highest BCUT2D eigenvalue weighted by atomic mass is 15.3. The third-order valence-electron chi connectivity index (χ3n) is 3.35. The van der Waals surface area contributed by atoms with E-state index in [1.807, 2.05) is 18.3 Å². The molecule has 0 aliphatic carbocycles. The van der Waals surface area contributed by atoms with Crippen molar-refractivity contribution in [2.24, 2.45) is 0 Å². The first-order valence-electron chi connectivity index (χ1n) is 7.60.